The normalized spacial score (nSPS) is 11.5. The number of rotatable bonds is 5. The number of hydrogen-bond donors (Lipinski definition) is 2. The smallest absolute Gasteiger partial charge is 0.395 e. The molecule has 0 aliphatic rings. The van der Waals surface area contributed by atoms with Crippen LogP contribution < -0.4 is 5.73 Å². The monoisotopic (exact) mass is 214 g/mol. The average molecular weight is 214 g/mol. The Bertz CT molecular complexity index is 184. The van der Waals surface area contributed by atoms with E-state index in [1.165, 1.54) is 0 Å². The summed E-state index contributed by atoms with van der Waals surface area (Å²) >= 11 is 0. The number of alkyl halides is 3. The molecular formula is C7H13F3N2O2. The highest BCUT2D eigenvalue weighted by atomic mass is 19.4. The standard InChI is InChI=1S/C7H13F3N2O2/c8-7(9,10)5-12(3-4-13)6(14)1-2-11/h13H,1-5,11H2. The number of nitrogens with zero attached hydrogens (tertiary/aromatic N) is 1. The van der Waals surface area contributed by atoms with E-state index in [4.69, 9.17) is 10.8 Å². The summed E-state index contributed by atoms with van der Waals surface area (Å²) in [5.41, 5.74) is 5.04. The first-order valence-electron chi connectivity index (χ1n) is 4.06. The summed E-state index contributed by atoms with van der Waals surface area (Å²) < 4.78 is 35.8. The van der Waals surface area contributed by atoms with Crippen LogP contribution in [0.15, 0.2) is 0 Å². The molecule has 0 aromatic rings. The van der Waals surface area contributed by atoms with Crippen molar-refractivity contribution in [3.05, 3.63) is 0 Å². The van der Waals surface area contributed by atoms with Crippen molar-refractivity contribution >= 4 is 5.91 Å². The van der Waals surface area contributed by atoms with Gasteiger partial charge in [0.25, 0.3) is 0 Å². The van der Waals surface area contributed by atoms with Gasteiger partial charge in [0.05, 0.1) is 6.61 Å². The van der Waals surface area contributed by atoms with Crippen molar-refractivity contribution in [3.8, 4) is 0 Å². The fraction of sp³-hybridized carbons (Fsp3) is 0.857. The highest BCUT2D eigenvalue weighted by Gasteiger charge is 2.32. The predicted molar refractivity (Wildman–Crippen MR) is 43.4 cm³/mol. The third-order valence-electron chi connectivity index (χ3n) is 1.45. The minimum atomic E-state index is -4.45. The molecular weight excluding hydrogens is 201 g/mol. The van der Waals surface area contributed by atoms with Gasteiger partial charge in [0.15, 0.2) is 0 Å². The first kappa shape index (κ1) is 13.2. The lowest BCUT2D eigenvalue weighted by Crippen LogP contribution is -2.41. The lowest BCUT2D eigenvalue weighted by molar-refractivity contribution is -0.161. The Kier molecular flexibility index (Phi) is 5.47. The van der Waals surface area contributed by atoms with Crippen molar-refractivity contribution in [1.82, 2.24) is 4.90 Å². The number of carbonyl (C=O) groups is 1. The first-order chi connectivity index (χ1) is 6.40. The van der Waals surface area contributed by atoms with Crippen LogP contribution in [0, 0.1) is 0 Å². The van der Waals surface area contributed by atoms with Crippen molar-refractivity contribution in [2.75, 3.05) is 26.2 Å². The molecule has 3 N–H and O–H groups in total. The summed E-state index contributed by atoms with van der Waals surface area (Å²) in [5.74, 6) is -0.695. The van der Waals surface area contributed by atoms with Crippen molar-refractivity contribution in [2.45, 2.75) is 12.6 Å². The molecule has 0 heterocycles. The highest BCUT2D eigenvalue weighted by molar-refractivity contribution is 5.76. The zero-order chi connectivity index (χ0) is 11.2. The summed E-state index contributed by atoms with van der Waals surface area (Å²) in [4.78, 5) is 11.6. The maximum Gasteiger partial charge on any atom is 0.406 e. The summed E-state index contributed by atoms with van der Waals surface area (Å²) in [6.45, 7) is -2.16. The third-order valence-corrected chi connectivity index (χ3v) is 1.45. The van der Waals surface area contributed by atoms with Gasteiger partial charge in [-0.15, -0.1) is 0 Å². The Labute approximate surface area is 79.5 Å². The molecule has 0 aliphatic carbocycles. The summed E-state index contributed by atoms with van der Waals surface area (Å²) in [7, 11) is 0. The molecule has 0 bridgehead atoms. The van der Waals surface area contributed by atoms with Gasteiger partial charge in [0, 0.05) is 19.5 Å². The molecule has 0 atom stereocenters. The maximum absolute atomic E-state index is 11.9. The molecule has 0 aliphatic heterocycles. The van der Waals surface area contributed by atoms with Gasteiger partial charge in [-0.05, 0) is 0 Å². The van der Waals surface area contributed by atoms with E-state index in [0.717, 1.165) is 0 Å². The number of amides is 1. The van der Waals surface area contributed by atoms with Gasteiger partial charge < -0.3 is 15.7 Å². The minimum absolute atomic E-state index is 0.00137. The highest BCUT2D eigenvalue weighted by Crippen LogP contribution is 2.16. The molecule has 0 saturated carbocycles. The van der Waals surface area contributed by atoms with E-state index in [9.17, 15) is 18.0 Å². The van der Waals surface area contributed by atoms with E-state index < -0.39 is 25.2 Å². The first-order valence-corrected chi connectivity index (χ1v) is 4.06. The Hall–Kier alpha value is -0.820. The molecule has 4 nitrogen and oxygen atoms in total. The van der Waals surface area contributed by atoms with Crippen LogP contribution in [0.2, 0.25) is 0 Å². The van der Waals surface area contributed by atoms with E-state index in [0.29, 0.717) is 4.90 Å². The molecule has 1 amide bonds. The van der Waals surface area contributed by atoms with Gasteiger partial charge in [-0.2, -0.15) is 13.2 Å². The van der Waals surface area contributed by atoms with Crippen molar-refractivity contribution in [2.24, 2.45) is 5.73 Å². The van der Waals surface area contributed by atoms with Crippen molar-refractivity contribution < 1.29 is 23.1 Å². The van der Waals surface area contributed by atoms with Crippen LogP contribution in [0.5, 0.6) is 0 Å². The maximum atomic E-state index is 11.9. The fourth-order valence-corrected chi connectivity index (χ4v) is 0.911. The van der Waals surface area contributed by atoms with Gasteiger partial charge in [0.2, 0.25) is 5.91 Å². The Balaban J connectivity index is 4.21. The van der Waals surface area contributed by atoms with Gasteiger partial charge in [-0.3, -0.25) is 4.79 Å². The van der Waals surface area contributed by atoms with E-state index in [2.05, 4.69) is 0 Å². The van der Waals surface area contributed by atoms with Crippen molar-refractivity contribution in [3.63, 3.8) is 0 Å². The number of carbonyl (C=O) groups excluding carboxylic acids is 1. The second-order valence-corrected chi connectivity index (χ2v) is 2.69. The van der Waals surface area contributed by atoms with E-state index in [1.807, 2.05) is 0 Å². The van der Waals surface area contributed by atoms with E-state index >= 15 is 0 Å². The van der Waals surface area contributed by atoms with Gasteiger partial charge in [-0.25, -0.2) is 0 Å². The zero-order valence-corrected chi connectivity index (χ0v) is 7.55. The molecule has 0 rings (SSSR count). The van der Waals surface area contributed by atoms with Crippen LogP contribution in [0.3, 0.4) is 0 Å². The quantitative estimate of drug-likeness (QED) is 0.661. The number of aliphatic hydroxyl groups excluding tert-OH is 1. The fourth-order valence-electron chi connectivity index (χ4n) is 0.911. The second-order valence-electron chi connectivity index (χ2n) is 2.69. The molecule has 84 valence electrons. The van der Waals surface area contributed by atoms with Crippen LogP contribution in [-0.4, -0.2) is 48.3 Å². The number of hydrogen-bond acceptors (Lipinski definition) is 3. The van der Waals surface area contributed by atoms with Gasteiger partial charge in [-0.1, -0.05) is 0 Å². The van der Waals surface area contributed by atoms with Crippen LogP contribution >= 0.6 is 0 Å². The third kappa shape index (κ3) is 5.76. The average Bonchev–Trinajstić information content (AvgIpc) is 2.01. The molecule has 0 radical (unpaired) electrons. The molecule has 0 aromatic carbocycles. The second kappa shape index (κ2) is 5.82. The van der Waals surface area contributed by atoms with Crippen LogP contribution in [0.4, 0.5) is 13.2 Å². The van der Waals surface area contributed by atoms with E-state index in [1.54, 1.807) is 0 Å². The molecule has 14 heavy (non-hydrogen) atoms. The van der Waals surface area contributed by atoms with Gasteiger partial charge in [0.1, 0.15) is 6.54 Å². The Morgan fingerprint density at radius 2 is 2.00 bits per heavy atom. The number of halogens is 3. The molecule has 7 heteroatoms. The van der Waals surface area contributed by atoms with E-state index in [-0.39, 0.29) is 19.5 Å². The lowest BCUT2D eigenvalue weighted by atomic mass is 10.3. The lowest BCUT2D eigenvalue weighted by Gasteiger charge is -2.22. The molecule has 0 fully saturated rings. The van der Waals surface area contributed by atoms with Crippen LogP contribution in [-0.2, 0) is 4.79 Å². The summed E-state index contributed by atoms with van der Waals surface area (Å²) in [6.07, 6.45) is -4.59. The zero-order valence-electron chi connectivity index (χ0n) is 7.55. The largest absolute Gasteiger partial charge is 0.406 e. The topological polar surface area (TPSA) is 66.6 Å². The molecule has 0 saturated heterocycles. The number of aliphatic hydroxyl groups is 1. The molecule has 0 unspecified atom stereocenters. The minimum Gasteiger partial charge on any atom is -0.395 e. The van der Waals surface area contributed by atoms with Crippen LogP contribution in [0.1, 0.15) is 6.42 Å². The van der Waals surface area contributed by atoms with Gasteiger partial charge >= 0.3 is 6.18 Å². The van der Waals surface area contributed by atoms with Crippen LogP contribution in [0.25, 0.3) is 0 Å². The molecule has 0 aromatic heterocycles. The Morgan fingerprint density at radius 3 is 2.36 bits per heavy atom. The summed E-state index contributed by atoms with van der Waals surface area (Å²) in [6, 6.07) is 0. The van der Waals surface area contributed by atoms with Crippen molar-refractivity contribution in [1.29, 1.82) is 0 Å². The molecule has 0 spiro atoms. The number of nitrogens with two attached hydrogens (primary N) is 1. The Morgan fingerprint density at radius 1 is 1.43 bits per heavy atom. The summed E-state index contributed by atoms with van der Waals surface area (Å²) in [5, 5.41) is 8.46. The SMILES string of the molecule is NCCC(=O)N(CCO)CC(F)(F)F. The predicted octanol–water partition coefficient (Wildman–Crippen LogP) is -0.282.